The zero-order valence-corrected chi connectivity index (χ0v) is 19.4. The number of guanidine groups is 1. The molecule has 2 aliphatic carbocycles. The molecule has 5 nitrogen and oxygen atoms in total. The third-order valence-electron chi connectivity index (χ3n) is 6.75. The van der Waals surface area contributed by atoms with E-state index < -0.39 is 0 Å². The molecular weight excluding hydrogens is 463 g/mol. The predicted molar refractivity (Wildman–Crippen MR) is 126 cm³/mol. The van der Waals surface area contributed by atoms with Gasteiger partial charge in [0, 0.05) is 44.7 Å². The molecule has 0 bridgehead atoms. The van der Waals surface area contributed by atoms with Crippen molar-refractivity contribution in [2.75, 3.05) is 46.4 Å². The van der Waals surface area contributed by atoms with E-state index in [4.69, 9.17) is 4.74 Å². The van der Waals surface area contributed by atoms with Crippen molar-refractivity contribution >= 4 is 29.9 Å². The van der Waals surface area contributed by atoms with E-state index in [1.54, 1.807) is 0 Å². The van der Waals surface area contributed by atoms with Gasteiger partial charge in [0.1, 0.15) is 0 Å². The molecule has 1 heterocycles. The highest BCUT2D eigenvalue weighted by Gasteiger charge is 2.38. The molecule has 0 radical (unpaired) electrons. The monoisotopic (exact) mass is 498 g/mol. The van der Waals surface area contributed by atoms with Crippen LogP contribution in [0.25, 0.3) is 0 Å². The van der Waals surface area contributed by atoms with Crippen LogP contribution in [0.3, 0.4) is 0 Å². The number of ether oxygens (including phenoxy) is 1. The molecule has 1 unspecified atom stereocenters. The first kappa shape index (κ1) is 21.8. The largest absolute Gasteiger partial charge is 0.379 e. The summed E-state index contributed by atoms with van der Waals surface area (Å²) in [5.41, 5.74) is 3.26. The van der Waals surface area contributed by atoms with Gasteiger partial charge in [-0.15, -0.1) is 24.0 Å². The summed E-state index contributed by atoms with van der Waals surface area (Å²) >= 11 is 0. The molecule has 156 valence electrons. The van der Waals surface area contributed by atoms with Gasteiger partial charge in [-0.05, 0) is 30.4 Å². The number of fused-ring (bicyclic) bond motifs is 1. The van der Waals surface area contributed by atoms with Gasteiger partial charge in [0.05, 0.1) is 13.2 Å². The number of hydrogen-bond acceptors (Lipinski definition) is 3. The molecule has 1 atom stereocenters. The minimum Gasteiger partial charge on any atom is -0.379 e. The first-order chi connectivity index (χ1) is 13.3. The Morgan fingerprint density at radius 3 is 2.61 bits per heavy atom. The molecule has 0 amide bonds. The highest BCUT2D eigenvalue weighted by Crippen LogP contribution is 2.35. The van der Waals surface area contributed by atoms with Crippen LogP contribution < -0.4 is 10.6 Å². The van der Waals surface area contributed by atoms with Gasteiger partial charge in [-0.25, -0.2) is 0 Å². The number of hydrogen-bond donors (Lipinski definition) is 2. The van der Waals surface area contributed by atoms with E-state index >= 15 is 0 Å². The Morgan fingerprint density at radius 2 is 1.89 bits per heavy atom. The van der Waals surface area contributed by atoms with Gasteiger partial charge in [0.25, 0.3) is 0 Å². The third kappa shape index (κ3) is 4.82. The number of rotatable bonds is 5. The number of aliphatic imine (C=N–C) groups is 1. The lowest BCUT2D eigenvalue weighted by Crippen LogP contribution is -2.60. The molecule has 6 heteroatoms. The quantitative estimate of drug-likeness (QED) is 0.372. The van der Waals surface area contributed by atoms with Crippen LogP contribution in [0.5, 0.6) is 0 Å². The van der Waals surface area contributed by atoms with Crippen molar-refractivity contribution < 1.29 is 4.74 Å². The lowest BCUT2D eigenvalue weighted by Gasteiger charge is -2.48. The molecule has 3 aliphatic rings. The van der Waals surface area contributed by atoms with Crippen LogP contribution in [-0.4, -0.2) is 62.8 Å². The van der Waals surface area contributed by atoms with E-state index in [0.717, 1.165) is 45.4 Å². The molecular formula is C22H35IN4O. The predicted octanol–water partition coefficient (Wildman–Crippen LogP) is 3.14. The lowest BCUT2D eigenvalue weighted by atomic mass is 9.77. The van der Waals surface area contributed by atoms with Crippen LogP contribution in [0.15, 0.2) is 29.3 Å². The second kappa shape index (κ2) is 10.3. The molecule has 1 aromatic rings. The summed E-state index contributed by atoms with van der Waals surface area (Å²) in [7, 11) is 1.88. The van der Waals surface area contributed by atoms with Crippen molar-refractivity contribution in [1.29, 1.82) is 0 Å². The van der Waals surface area contributed by atoms with Gasteiger partial charge >= 0.3 is 0 Å². The maximum atomic E-state index is 5.60. The number of nitrogens with zero attached hydrogens (tertiary/aromatic N) is 2. The van der Waals surface area contributed by atoms with Gasteiger partial charge < -0.3 is 15.4 Å². The van der Waals surface area contributed by atoms with Crippen LogP contribution in [0, 0.1) is 0 Å². The Morgan fingerprint density at radius 1 is 1.14 bits per heavy atom. The van der Waals surface area contributed by atoms with Crippen molar-refractivity contribution in [2.45, 2.75) is 50.0 Å². The van der Waals surface area contributed by atoms with Crippen LogP contribution in [0.4, 0.5) is 0 Å². The van der Waals surface area contributed by atoms with Crippen molar-refractivity contribution in [3.05, 3.63) is 35.4 Å². The van der Waals surface area contributed by atoms with E-state index in [2.05, 4.69) is 44.8 Å². The summed E-state index contributed by atoms with van der Waals surface area (Å²) in [6.45, 7) is 5.81. The zero-order valence-electron chi connectivity index (χ0n) is 17.1. The molecule has 0 aromatic heterocycles. The fourth-order valence-corrected chi connectivity index (χ4v) is 5.09. The smallest absolute Gasteiger partial charge is 0.191 e. The highest BCUT2D eigenvalue weighted by atomic mass is 127. The van der Waals surface area contributed by atoms with Crippen LogP contribution in [0.2, 0.25) is 0 Å². The maximum absolute atomic E-state index is 5.60. The first-order valence-corrected chi connectivity index (χ1v) is 10.7. The number of morpholine rings is 1. The van der Waals surface area contributed by atoms with Crippen LogP contribution in [0.1, 0.15) is 49.1 Å². The standard InChI is InChI=1S/C22H34N4O.HI/c1-23-21(24-16-19-15-18-7-3-4-8-20(18)19)25-17-22(9-5-2-6-10-22)26-11-13-27-14-12-26;/h3-4,7-8,19H,2,5-6,9-17H2,1H3,(H2,23,24,25);1H. The summed E-state index contributed by atoms with van der Waals surface area (Å²) in [5.74, 6) is 1.56. The average molecular weight is 498 g/mol. The van der Waals surface area contributed by atoms with Gasteiger partial charge in [0.2, 0.25) is 0 Å². The van der Waals surface area contributed by atoms with Gasteiger partial charge in [-0.1, -0.05) is 43.5 Å². The van der Waals surface area contributed by atoms with E-state index in [0.29, 0.717) is 5.92 Å². The Balaban J connectivity index is 0.00000225. The fourth-order valence-electron chi connectivity index (χ4n) is 5.09. The second-order valence-electron chi connectivity index (χ2n) is 8.29. The minimum absolute atomic E-state index is 0. The summed E-state index contributed by atoms with van der Waals surface area (Å²) < 4.78 is 5.60. The number of benzene rings is 1. The Kier molecular flexibility index (Phi) is 8.00. The van der Waals surface area contributed by atoms with Crippen molar-refractivity contribution in [3.63, 3.8) is 0 Å². The zero-order chi connectivity index (χ0) is 18.5. The molecule has 0 spiro atoms. The molecule has 2 N–H and O–H groups in total. The molecule has 2 fully saturated rings. The Hall–Kier alpha value is -0.860. The molecule has 1 aromatic carbocycles. The van der Waals surface area contributed by atoms with E-state index in [1.165, 1.54) is 49.7 Å². The molecule has 1 saturated heterocycles. The summed E-state index contributed by atoms with van der Waals surface area (Å²) in [4.78, 5) is 7.16. The van der Waals surface area contributed by atoms with Gasteiger partial charge in [-0.3, -0.25) is 9.89 Å². The van der Waals surface area contributed by atoms with Gasteiger partial charge in [0.15, 0.2) is 5.96 Å². The fraction of sp³-hybridized carbons (Fsp3) is 0.682. The van der Waals surface area contributed by atoms with Crippen molar-refractivity contribution in [1.82, 2.24) is 15.5 Å². The number of nitrogens with one attached hydrogen (secondary N) is 2. The highest BCUT2D eigenvalue weighted by molar-refractivity contribution is 14.0. The van der Waals surface area contributed by atoms with E-state index in [1.807, 2.05) is 7.05 Å². The van der Waals surface area contributed by atoms with E-state index in [9.17, 15) is 0 Å². The number of halogens is 1. The molecule has 28 heavy (non-hydrogen) atoms. The van der Waals surface area contributed by atoms with Gasteiger partial charge in [-0.2, -0.15) is 0 Å². The van der Waals surface area contributed by atoms with E-state index in [-0.39, 0.29) is 29.5 Å². The average Bonchev–Trinajstić information content (AvgIpc) is 2.72. The summed E-state index contributed by atoms with van der Waals surface area (Å²) in [5, 5.41) is 7.23. The summed E-state index contributed by atoms with van der Waals surface area (Å²) in [6, 6.07) is 8.79. The Labute approximate surface area is 186 Å². The lowest BCUT2D eigenvalue weighted by molar-refractivity contribution is -0.0352. The van der Waals surface area contributed by atoms with Crippen molar-refractivity contribution in [2.24, 2.45) is 4.99 Å². The first-order valence-electron chi connectivity index (χ1n) is 10.7. The molecule has 1 aliphatic heterocycles. The van der Waals surface area contributed by atoms with Crippen molar-refractivity contribution in [3.8, 4) is 0 Å². The Bertz CT molecular complexity index is 654. The third-order valence-corrected chi connectivity index (χ3v) is 6.75. The molecule has 1 saturated carbocycles. The van der Waals surface area contributed by atoms with Crippen LogP contribution in [-0.2, 0) is 11.2 Å². The second-order valence-corrected chi connectivity index (χ2v) is 8.29. The molecule has 4 rings (SSSR count). The topological polar surface area (TPSA) is 48.9 Å². The van der Waals surface area contributed by atoms with Crippen LogP contribution >= 0.6 is 24.0 Å². The minimum atomic E-state index is 0. The SMILES string of the molecule is CN=C(NCC1Cc2ccccc21)NCC1(N2CCOCC2)CCCCC1.I. The maximum Gasteiger partial charge on any atom is 0.191 e. The summed E-state index contributed by atoms with van der Waals surface area (Å²) in [6.07, 6.45) is 7.80. The normalized spacial score (nSPS) is 24.5.